The van der Waals surface area contributed by atoms with E-state index in [0.717, 1.165) is 30.4 Å². The van der Waals surface area contributed by atoms with Crippen molar-refractivity contribution in [2.75, 3.05) is 20.1 Å². The molecule has 2 aliphatic rings. The first-order valence-electron chi connectivity index (χ1n) is 10.2. The number of guanidine groups is 1. The van der Waals surface area contributed by atoms with Crippen LogP contribution < -0.4 is 10.6 Å². The maximum absolute atomic E-state index is 5.30. The molecule has 7 nitrogen and oxygen atoms in total. The normalized spacial score (nSPS) is 27.0. The molecule has 26 heavy (non-hydrogen) atoms. The zero-order chi connectivity index (χ0) is 18.5. The van der Waals surface area contributed by atoms with Crippen LogP contribution >= 0.6 is 0 Å². The van der Waals surface area contributed by atoms with Crippen LogP contribution in [0.4, 0.5) is 0 Å². The topological polar surface area (TPSA) is 78.6 Å². The summed E-state index contributed by atoms with van der Waals surface area (Å²) in [5.41, 5.74) is 0. The van der Waals surface area contributed by atoms with Gasteiger partial charge < -0.3 is 20.1 Å². The van der Waals surface area contributed by atoms with Gasteiger partial charge in [-0.2, -0.15) is 4.98 Å². The van der Waals surface area contributed by atoms with E-state index in [1.54, 1.807) is 0 Å². The number of rotatable bonds is 6. The summed E-state index contributed by atoms with van der Waals surface area (Å²) in [6.07, 6.45) is 7.12. The Balaban J connectivity index is 1.53. The molecule has 2 fully saturated rings. The summed E-state index contributed by atoms with van der Waals surface area (Å²) in [5, 5.41) is 11.0. The molecule has 2 aliphatic heterocycles. The Bertz CT molecular complexity index is 585. The van der Waals surface area contributed by atoms with Crippen molar-refractivity contribution in [1.29, 1.82) is 0 Å². The van der Waals surface area contributed by atoms with Crippen LogP contribution in [0.5, 0.6) is 0 Å². The van der Waals surface area contributed by atoms with E-state index in [1.165, 1.54) is 32.1 Å². The number of piperidine rings is 2. The van der Waals surface area contributed by atoms with Crippen LogP contribution in [-0.4, -0.2) is 59.3 Å². The van der Waals surface area contributed by atoms with Crippen LogP contribution in [0.2, 0.25) is 0 Å². The van der Waals surface area contributed by atoms with Crippen LogP contribution in [0.3, 0.4) is 0 Å². The highest BCUT2D eigenvalue weighted by Gasteiger charge is 2.36. The molecule has 146 valence electrons. The van der Waals surface area contributed by atoms with Crippen LogP contribution in [0.25, 0.3) is 0 Å². The summed E-state index contributed by atoms with van der Waals surface area (Å²) in [5.74, 6) is 2.64. The summed E-state index contributed by atoms with van der Waals surface area (Å²) >= 11 is 0. The average molecular weight is 363 g/mol. The van der Waals surface area contributed by atoms with E-state index in [2.05, 4.69) is 53.5 Å². The molecule has 0 aromatic carbocycles. The highest BCUT2D eigenvalue weighted by Crippen LogP contribution is 2.32. The van der Waals surface area contributed by atoms with Crippen LogP contribution in [0.15, 0.2) is 9.52 Å². The number of fused-ring (bicyclic) bond motifs is 2. The highest BCUT2D eigenvalue weighted by atomic mass is 16.5. The Kier molecular flexibility index (Phi) is 6.51. The van der Waals surface area contributed by atoms with E-state index < -0.39 is 0 Å². The van der Waals surface area contributed by atoms with E-state index in [-0.39, 0.29) is 0 Å². The third-order valence-corrected chi connectivity index (χ3v) is 5.62. The van der Waals surface area contributed by atoms with Crippen molar-refractivity contribution in [3.63, 3.8) is 0 Å². The smallest absolute Gasteiger partial charge is 0.228 e. The molecule has 0 amide bonds. The molecule has 0 aliphatic carbocycles. The summed E-state index contributed by atoms with van der Waals surface area (Å²) in [4.78, 5) is 11.7. The predicted octanol–water partition coefficient (Wildman–Crippen LogP) is 2.31. The fourth-order valence-electron chi connectivity index (χ4n) is 4.11. The number of nitrogens with zero attached hydrogens (tertiary/aromatic N) is 4. The number of hydrogen-bond donors (Lipinski definition) is 2. The monoisotopic (exact) mass is 362 g/mol. The van der Waals surface area contributed by atoms with Crippen molar-refractivity contribution < 1.29 is 4.52 Å². The maximum Gasteiger partial charge on any atom is 0.228 e. The minimum Gasteiger partial charge on any atom is -0.357 e. The van der Waals surface area contributed by atoms with Crippen molar-refractivity contribution in [2.24, 2.45) is 4.99 Å². The SMILES string of the molecule is CCNC(=NCCc1nc(C(C)C)no1)NC1CC2CCCC(C1)N2C. The summed E-state index contributed by atoms with van der Waals surface area (Å²) in [6, 6.07) is 1.95. The Labute approximate surface area is 157 Å². The molecule has 1 aromatic rings. The van der Waals surface area contributed by atoms with Gasteiger partial charge in [-0.15, -0.1) is 0 Å². The number of nitrogens with one attached hydrogen (secondary N) is 2. The molecule has 3 heterocycles. The van der Waals surface area contributed by atoms with E-state index in [9.17, 15) is 0 Å². The summed E-state index contributed by atoms with van der Waals surface area (Å²) < 4.78 is 5.30. The standard InChI is InChI=1S/C19H34N6O/c1-5-20-19(21-10-9-17-23-18(13(2)3)24-26-17)22-14-11-15-7-6-8-16(12-14)25(15)4/h13-16H,5-12H2,1-4H3,(H2,20,21,22). The first kappa shape index (κ1) is 19.1. The minimum atomic E-state index is 0.291. The molecule has 2 bridgehead atoms. The molecule has 2 atom stereocenters. The average Bonchev–Trinajstić information content (AvgIpc) is 3.05. The first-order valence-corrected chi connectivity index (χ1v) is 10.2. The molecule has 2 unspecified atom stereocenters. The largest absolute Gasteiger partial charge is 0.357 e. The number of hydrogen-bond acceptors (Lipinski definition) is 5. The van der Waals surface area contributed by atoms with Gasteiger partial charge in [0, 0.05) is 37.0 Å². The van der Waals surface area contributed by atoms with Gasteiger partial charge in [0.1, 0.15) is 0 Å². The fraction of sp³-hybridized carbons (Fsp3) is 0.842. The Morgan fingerprint density at radius 3 is 2.65 bits per heavy atom. The van der Waals surface area contributed by atoms with E-state index in [1.807, 2.05) is 0 Å². The van der Waals surface area contributed by atoms with Crippen molar-refractivity contribution in [3.8, 4) is 0 Å². The van der Waals surface area contributed by atoms with Crippen LogP contribution in [0.1, 0.15) is 70.5 Å². The molecule has 0 saturated carbocycles. The highest BCUT2D eigenvalue weighted by molar-refractivity contribution is 5.80. The second-order valence-corrected chi connectivity index (χ2v) is 7.93. The molecule has 2 N–H and O–H groups in total. The second kappa shape index (κ2) is 8.84. The molecule has 0 spiro atoms. The molecule has 3 rings (SSSR count). The van der Waals surface area contributed by atoms with Crippen molar-refractivity contribution in [2.45, 2.75) is 83.3 Å². The van der Waals surface area contributed by atoms with Gasteiger partial charge in [-0.1, -0.05) is 25.4 Å². The predicted molar refractivity (Wildman–Crippen MR) is 103 cm³/mol. The first-order chi connectivity index (χ1) is 12.6. The van der Waals surface area contributed by atoms with Gasteiger partial charge in [-0.3, -0.25) is 4.99 Å². The number of aromatic nitrogens is 2. The van der Waals surface area contributed by atoms with Crippen molar-refractivity contribution >= 4 is 5.96 Å². The van der Waals surface area contributed by atoms with Gasteiger partial charge in [0.25, 0.3) is 0 Å². The van der Waals surface area contributed by atoms with E-state index in [4.69, 9.17) is 9.52 Å². The van der Waals surface area contributed by atoms with Crippen molar-refractivity contribution in [3.05, 3.63) is 11.7 Å². The fourth-order valence-corrected chi connectivity index (χ4v) is 4.11. The third-order valence-electron chi connectivity index (χ3n) is 5.62. The quantitative estimate of drug-likeness (QED) is 0.597. The summed E-state index contributed by atoms with van der Waals surface area (Å²) in [6.45, 7) is 7.75. The molecular formula is C19H34N6O. The summed E-state index contributed by atoms with van der Waals surface area (Å²) in [7, 11) is 2.29. The molecule has 7 heteroatoms. The van der Waals surface area contributed by atoms with Gasteiger partial charge in [0.2, 0.25) is 5.89 Å². The van der Waals surface area contributed by atoms with Gasteiger partial charge in [-0.25, -0.2) is 0 Å². The van der Waals surface area contributed by atoms with Crippen LogP contribution in [0, 0.1) is 0 Å². The van der Waals surface area contributed by atoms with Gasteiger partial charge in [0.05, 0.1) is 6.54 Å². The minimum absolute atomic E-state index is 0.291. The van der Waals surface area contributed by atoms with Gasteiger partial charge in [-0.05, 0) is 39.7 Å². The molecule has 2 saturated heterocycles. The zero-order valence-electron chi connectivity index (χ0n) is 16.7. The molecular weight excluding hydrogens is 328 g/mol. The van der Waals surface area contributed by atoms with Gasteiger partial charge >= 0.3 is 0 Å². The zero-order valence-corrected chi connectivity index (χ0v) is 16.7. The lowest BCUT2D eigenvalue weighted by molar-refractivity contribution is 0.0526. The number of aliphatic imine (C=N–C) groups is 1. The van der Waals surface area contributed by atoms with Crippen LogP contribution in [-0.2, 0) is 6.42 Å². The van der Waals surface area contributed by atoms with E-state index >= 15 is 0 Å². The lowest BCUT2D eigenvalue weighted by atomic mass is 9.82. The molecule has 0 radical (unpaired) electrons. The maximum atomic E-state index is 5.30. The Morgan fingerprint density at radius 1 is 1.31 bits per heavy atom. The second-order valence-electron chi connectivity index (χ2n) is 7.93. The lowest BCUT2D eigenvalue weighted by Crippen LogP contribution is -2.56. The van der Waals surface area contributed by atoms with Gasteiger partial charge in [0.15, 0.2) is 11.8 Å². The van der Waals surface area contributed by atoms with E-state index in [0.29, 0.717) is 30.8 Å². The Morgan fingerprint density at radius 2 is 2.04 bits per heavy atom. The lowest BCUT2D eigenvalue weighted by Gasteiger charge is -2.47. The Hall–Kier alpha value is -1.63. The third kappa shape index (κ3) is 4.75. The molecule has 1 aromatic heterocycles. The van der Waals surface area contributed by atoms with Crippen molar-refractivity contribution in [1.82, 2.24) is 25.7 Å².